The van der Waals surface area contributed by atoms with E-state index in [1.807, 2.05) is 12.1 Å². The first kappa shape index (κ1) is 13.2. The number of aryl methyl sites for hydroxylation is 2. The number of hydrogen-bond acceptors (Lipinski definition) is 2. The topological polar surface area (TPSA) is 31.0 Å². The van der Waals surface area contributed by atoms with E-state index in [1.54, 1.807) is 0 Å². The highest BCUT2D eigenvalue weighted by Crippen LogP contribution is 2.37. The summed E-state index contributed by atoms with van der Waals surface area (Å²) in [6, 6.07) is 21.1. The number of benzene rings is 3. The van der Waals surface area contributed by atoms with E-state index in [2.05, 4.69) is 53.1 Å². The van der Waals surface area contributed by atoms with Crippen LogP contribution in [-0.2, 0) is 13.0 Å². The maximum Gasteiger partial charge on any atom is 0.146 e. The summed E-state index contributed by atoms with van der Waals surface area (Å²) in [7, 11) is 0. The zero-order chi connectivity index (χ0) is 16.4. The molecule has 0 N–H and O–H groups in total. The molecule has 0 bridgehead atoms. The fourth-order valence-corrected chi connectivity index (χ4v) is 4.24. The van der Waals surface area contributed by atoms with Gasteiger partial charge in [0.15, 0.2) is 0 Å². The van der Waals surface area contributed by atoms with Crippen molar-refractivity contribution in [1.29, 1.82) is 0 Å². The van der Waals surface area contributed by atoms with Crippen LogP contribution < -0.4 is 0 Å². The SMILES string of the molecule is c1cc2c3c(c1)nc(-c1cccc4c1oc1ccccc14)n3CCC2. The minimum atomic E-state index is 0.931. The molecule has 3 aromatic carbocycles. The van der Waals surface area contributed by atoms with Gasteiger partial charge in [-0.25, -0.2) is 4.98 Å². The average Bonchev–Trinajstić information content (AvgIpc) is 3.22. The molecule has 1 aliphatic heterocycles. The highest BCUT2D eigenvalue weighted by atomic mass is 16.3. The van der Waals surface area contributed by atoms with E-state index in [-0.39, 0.29) is 0 Å². The van der Waals surface area contributed by atoms with Gasteiger partial charge in [-0.1, -0.05) is 42.5 Å². The molecule has 6 rings (SSSR count). The van der Waals surface area contributed by atoms with Crippen LogP contribution in [0, 0.1) is 0 Å². The van der Waals surface area contributed by atoms with Gasteiger partial charge in [0.1, 0.15) is 17.0 Å². The molecule has 0 unspecified atom stereocenters. The highest BCUT2D eigenvalue weighted by molar-refractivity contribution is 6.09. The molecule has 0 saturated heterocycles. The molecule has 0 amide bonds. The van der Waals surface area contributed by atoms with Gasteiger partial charge in [-0.15, -0.1) is 0 Å². The third-order valence-corrected chi connectivity index (χ3v) is 5.32. The maximum absolute atomic E-state index is 6.23. The molecule has 0 atom stereocenters. The van der Waals surface area contributed by atoms with Crippen LogP contribution in [0.1, 0.15) is 12.0 Å². The Bertz CT molecular complexity index is 1280. The Morgan fingerprint density at radius 1 is 0.880 bits per heavy atom. The Labute approximate surface area is 144 Å². The zero-order valence-electron chi connectivity index (χ0n) is 13.7. The van der Waals surface area contributed by atoms with Crippen molar-refractivity contribution in [2.24, 2.45) is 0 Å². The quantitative estimate of drug-likeness (QED) is 0.405. The molecule has 1 aliphatic rings. The molecule has 3 heteroatoms. The predicted molar refractivity (Wildman–Crippen MR) is 101 cm³/mol. The van der Waals surface area contributed by atoms with E-state index in [9.17, 15) is 0 Å². The van der Waals surface area contributed by atoms with Gasteiger partial charge >= 0.3 is 0 Å². The number of furan rings is 1. The van der Waals surface area contributed by atoms with Gasteiger partial charge in [-0.2, -0.15) is 0 Å². The number of nitrogens with zero attached hydrogens (tertiary/aromatic N) is 2. The third-order valence-electron chi connectivity index (χ3n) is 5.32. The van der Waals surface area contributed by atoms with Crippen LogP contribution in [0.4, 0.5) is 0 Å². The van der Waals surface area contributed by atoms with Crippen molar-refractivity contribution in [2.45, 2.75) is 19.4 Å². The Kier molecular flexibility index (Phi) is 2.51. The zero-order valence-corrected chi connectivity index (χ0v) is 13.7. The second-order valence-corrected chi connectivity index (χ2v) is 6.76. The summed E-state index contributed by atoms with van der Waals surface area (Å²) < 4.78 is 8.60. The molecule has 2 aromatic heterocycles. The smallest absolute Gasteiger partial charge is 0.146 e. The lowest BCUT2D eigenvalue weighted by Crippen LogP contribution is -2.08. The first-order valence-corrected chi connectivity index (χ1v) is 8.79. The van der Waals surface area contributed by atoms with E-state index in [1.165, 1.54) is 11.1 Å². The van der Waals surface area contributed by atoms with Gasteiger partial charge in [0.2, 0.25) is 0 Å². The lowest BCUT2D eigenvalue weighted by molar-refractivity contribution is 0.635. The van der Waals surface area contributed by atoms with Gasteiger partial charge in [-0.05, 0) is 36.6 Å². The van der Waals surface area contributed by atoms with Crippen LogP contribution in [0.15, 0.2) is 65.1 Å². The molecule has 120 valence electrons. The van der Waals surface area contributed by atoms with E-state index in [0.717, 1.165) is 58.2 Å². The molecular formula is C22H16N2O. The van der Waals surface area contributed by atoms with Crippen LogP contribution in [-0.4, -0.2) is 9.55 Å². The number of aromatic nitrogens is 2. The Balaban J connectivity index is 1.74. The van der Waals surface area contributed by atoms with Crippen LogP contribution in [0.3, 0.4) is 0 Å². The standard InChI is InChI=1S/C22H16N2O/c1-2-12-19-15(8-1)16-9-4-10-17(21(16)25-19)22-23-18-11-3-6-14-7-5-13-24(22)20(14)18/h1-4,6,8-12H,5,7,13H2. The van der Waals surface area contributed by atoms with Gasteiger partial charge in [0.25, 0.3) is 0 Å². The summed E-state index contributed by atoms with van der Waals surface area (Å²) in [5.41, 5.74) is 6.72. The molecule has 0 saturated carbocycles. The number of fused-ring (bicyclic) bond motifs is 3. The summed E-state index contributed by atoms with van der Waals surface area (Å²) >= 11 is 0. The van der Waals surface area contributed by atoms with Gasteiger partial charge in [0.05, 0.1) is 16.6 Å². The molecular weight excluding hydrogens is 308 g/mol. The van der Waals surface area contributed by atoms with Crippen molar-refractivity contribution in [3.05, 3.63) is 66.2 Å². The van der Waals surface area contributed by atoms with Crippen molar-refractivity contribution >= 4 is 33.0 Å². The van der Waals surface area contributed by atoms with Crippen molar-refractivity contribution in [1.82, 2.24) is 9.55 Å². The molecule has 0 fully saturated rings. The fraction of sp³-hybridized carbons (Fsp3) is 0.136. The van der Waals surface area contributed by atoms with Gasteiger partial charge < -0.3 is 8.98 Å². The summed E-state index contributed by atoms with van der Waals surface area (Å²) in [6.07, 6.45) is 2.29. The number of imidazole rings is 1. The fourth-order valence-electron chi connectivity index (χ4n) is 4.24. The lowest BCUT2D eigenvalue weighted by atomic mass is 10.0. The molecule has 0 radical (unpaired) electrons. The molecule has 0 spiro atoms. The monoisotopic (exact) mass is 324 g/mol. The van der Waals surface area contributed by atoms with Gasteiger partial charge in [-0.3, -0.25) is 0 Å². The first-order valence-electron chi connectivity index (χ1n) is 8.79. The van der Waals surface area contributed by atoms with Gasteiger partial charge in [0, 0.05) is 17.3 Å². The average molecular weight is 324 g/mol. The van der Waals surface area contributed by atoms with Crippen molar-refractivity contribution in [2.75, 3.05) is 0 Å². The molecule has 25 heavy (non-hydrogen) atoms. The lowest BCUT2D eigenvalue weighted by Gasteiger charge is -2.16. The van der Waals surface area contributed by atoms with Crippen LogP contribution >= 0.6 is 0 Å². The van der Waals surface area contributed by atoms with E-state index >= 15 is 0 Å². The van der Waals surface area contributed by atoms with Crippen LogP contribution in [0.5, 0.6) is 0 Å². The summed E-state index contributed by atoms with van der Waals surface area (Å²) in [5.74, 6) is 1.02. The Morgan fingerprint density at radius 3 is 2.76 bits per heavy atom. The van der Waals surface area contributed by atoms with Crippen LogP contribution in [0.25, 0.3) is 44.4 Å². The summed E-state index contributed by atoms with van der Waals surface area (Å²) in [6.45, 7) is 1.01. The highest BCUT2D eigenvalue weighted by Gasteiger charge is 2.21. The molecule has 3 nitrogen and oxygen atoms in total. The van der Waals surface area contributed by atoms with E-state index in [0.29, 0.717) is 0 Å². The molecule has 5 aromatic rings. The minimum absolute atomic E-state index is 0.931. The Hall–Kier alpha value is -3.07. The maximum atomic E-state index is 6.23. The number of rotatable bonds is 1. The van der Waals surface area contributed by atoms with Crippen molar-refractivity contribution in [3.8, 4) is 11.4 Å². The molecule has 0 aliphatic carbocycles. The summed E-state index contributed by atoms with van der Waals surface area (Å²) in [4.78, 5) is 4.98. The number of hydrogen-bond donors (Lipinski definition) is 0. The molecule has 3 heterocycles. The second-order valence-electron chi connectivity index (χ2n) is 6.76. The van der Waals surface area contributed by atoms with Crippen molar-refractivity contribution in [3.63, 3.8) is 0 Å². The van der Waals surface area contributed by atoms with E-state index < -0.39 is 0 Å². The van der Waals surface area contributed by atoms with Crippen molar-refractivity contribution < 1.29 is 4.42 Å². The number of para-hydroxylation sites is 3. The minimum Gasteiger partial charge on any atom is -0.455 e. The second kappa shape index (κ2) is 4.73. The third kappa shape index (κ3) is 1.73. The first-order chi connectivity index (χ1) is 12.4. The Morgan fingerprint density at radius 2 is 1.76 bits per heavy atom. The predicted octanol–water partition coefficient (Wildman–Crippen LogP) is 5.55. The van der Waals surface area contributed by atoms with Crippen LogP contribution in [0.2, 0.25) is 0 Å². The van der Waals surface area contributed by atoms with E-state index in [4.69, 9.17) is 9.40 Å². The largest absolute Gasteiger partial charge is 0.455 e. The normalized spacial score (nSPS) is 13.9. The summed E-state index contributed by atoms with van der Waals surface area (Å²) in [5, 5.41) is 2.32.